The van der Waals surface area contributed by atoms with Crippen molar-refractivity contribution in [1.29, 1.82) is 0 Å². The smallest absolute Gasteiger partial charge is 0.261 e. The van der Waals surface area contributed by atoms with Gasteiger partial charge in [-0.15, -0.1) is 0 Å². The summed E-state index contributed by atoms with van der Waals surface area (Å²) in [6.45, 7) is 0.421. The first-order chi connectivity index (χ1) is 14.8. The van der Waals surface area contributed by atoms with Crippen LogP contribution in [-0.4, -0.2) is 39.9 Å². The number of benzene rings is 3. The third kappa shape index (κ3) is 6.16. The Morgan fingerprint density at radius 2 is 1.65 bits per heavy atom. The molecular weight excluding hydrogens is 478 g/mol. The summed E-state index contributed by atoms with van der Waals surface area (Å²) in [6.07, 6.45) is 0. The predicted octanol–water partition coefficient (Wildman–Crippen LogP) is 4.28. The molecule has 162 valence electrons. The molecule has 0 heterocycles. The molecule has 1 amide bonds. The Morgan fingerprint density at radius 1 is 0.968 bits per heavy atom. The molecular formula is C23H24BrN3O3S. The van der Waals surface area contributed by atoms with Crippen molar-refractivity contribution in [3.63, 3.8) is 0 Å². The van der Waals surface area contributed by atoms with Crippen LogP contribution in [0, 0.1) is 0 Å². The molecule has 0 saturated heterocycles. The minimum Gasteiger partial charge on any atom is -0.350 e. The molecule has 0 aromatic heterocycles. The quantitative estimate of drug-likeness (QED) is 0.482. The van der Waals surface area contributed by atoms with Gasteiger partial charge in [0.05, 0.1) is 10.9 Å². The molecule has 0 fully saturated rings. The fourth-order valence-electron chi connectivity index (χ4n) is 3.12. The van der Waals surface area contributed by atoms with Crippen LogP contribution in [0.25, 0.3) is 0 Å². The molecule has 3 aromatic carbocycles. The number of anilines is 1. The Labute approximate surface area is 191 Å². The summed E-state index contributed by atoms with van der Waals surface area (Å²) in [5.74, 6) is -0.271. The molecule has 3 aromatic rings. The second-order valence-corrected chi connectivity index (χ2v) is 9.84. The SMILES string of the molecule is CN(C)[C@@H](CNC(=O)c1cccc(NS(=O)(=O)c2ccc(Br)cc2)c1)c1ccccc1. The van der Waals surface area contributed by atoms with Crippen molar-refractivity contribution in [3.05, 3.63) is 94.5 Å². The van der Waals surface area contributed by atoms with Gasteiger partial charge in [0.2, 0.25) is 0 Å². The number of hydrogen-bond acceptors (Lipinski definition) is 4. The maximum Gasteiger partial charge on any atom is 0.261 e. The molecule has 0 aliphatic heterocycles. The first-order valence-corrected chi connectivity index (χ1v) is 11.9. The van der Waals surface area contributed by atoms with E-state index in [0.717, 1.165) is 10.0 Å². The molecule has 6 nitrogen and oxygen atoms in total. The van der Waals surface area contributed by atoms with Crippen molar-refractivity contribution >= 4 is 37.5 Å². The molecule has 2 N–H and O–H groups in total. The van der Waals surface area contributed by atoms with Crippen molar-refractivity contribution in [1.82, 2.24) is 10.2 Å². The minimum absolute atomic E-state index is 0.0178. The molecule has 0 radical (unpaired) electrons. The molecule has 1 atom stereocenters. The van der Waals surface area contributed by atoms with Crippen LogP contribution in [-0.2, 0) is 10.0 Å². The van der Waals surface area contributed by atoms with Gasteiger partial charge in [0.1, 0.15) is 0 Å². The monoisotopic (exact) mass is 501 g/mol. The predicted molar refractivity (Wildman–Crippen MR) is 127 cm³/mol. The largest absolute Gasteiger partial charge is 0.350 e. The standard InChI is InChI=1S/C23H24BrN3O3S/c1-27(2)22(17-7-4-3-5-8-17)16-25-23(28)18-9-6-10-20(15-18)26-31(29,30)21-13-11-19(24)12-14-21/h3-15,22,26H,16H2,1-2H3,(H,25,28)/t22-/m0/s1. The Bertz CT molecular complexity index is 1130. The number of nitrogens with zero attached hydrogens (tertiary/aromatic N) is 1. The third-order valence-electron chi connectivity index (χ3n) is 4.76. The van der Waals surface area contributed by atoms with Gasteiger partial charge in [0.25, 0.3) is 15.9 Å². The van der Waals surface area contributed by atoms with Gasteiger partial charge in [0, 0.05) is 22.3 Å². The number of rotatable bonds is 8. The number of carbonyl (C=O) groups excluding carboxylic acids is 1. The maximum absolute atomic E-state index is 12.7. The highest BCUT2D eigenvalue weighted by Gasteiger charge is 2.17. The van der Waals surface area contributed by atoms with Crippen molar-refractivity contribution in [2.75, 3.05) is 25.4 Å². The zero-order valence-electron chi connectivity index (χ0n) is 17.2. The summed E-state index contributed by atoms with van der Waals surface area (Å²) < 4.78 is 28.5. The summed E-state index contributed by atoms with van der Waals surface area (Å²) in [6, 6.07) is 22.7. The van der Waals surface area contributed by atoms with Gasteiger partial charge < -0.3 is 10.2 Å². The Balaban J connectivity index is 1.70. The van der Waals surface area contributed by atoms with E-state index in [1.807, 2.05) is 49.3 Å². The van der Waals surface area contributed by atoms with Gasteiger partial charge in [0.15, 0.2) is 0 Å². The second kappa shape index (κ2) is 10.1. The molecule has 0 bridgehead atoms. The number of nitrogens with one attached hydrogen (secondary N) is 2. The van der Waals surface area contributed by atoms with Crippen LogP contribution in [0.4, 0.5) is 5.69 Å². The fraction of sp³-hybridized carbons (Fsp3) is 0.174. The summed E-state index contributed by atoms with van der Waals surface area (Å²) in [5.41, 5.74) is 1.80. The minimum atomic E-state index is -3.75. The number of carbonyl (C=O) groups is 1. The molecule has 0 aliphatic carbocycles. The van der Waals surface area contributed by atoms with Crippen LogP contribution >= 0.6 is 15.9 Å². The second-order valence-electron chi connectivity index (χ2n) is 7.24. The fourth-order valence-corrected chi connectivity index (χ4v) is 4.43. The van der Waals surface area contributed by atoms with E-state index >= 15 is 0 Å². The van der Waals surface area contributed by atoms with E-state index in [9.17, 15) is 13.2 Å². The Hall–Kier alpha value is -2.68. The van der Waals surface area contributed by atoms with Crippen LogP contribution in [0.3, 0.4) is 0 Å². The normalized spacial score (nSPS) is 12.4. The number of sulfonamides is 1. The van der Waals surface area contributed by atoms with Gasteiger partial charge in [-0.1, -0.05) is 52.3 Å². The van der Waals surface area contributed by atoms with E-state index in [1.165, 1.54) is 18.2 Å². The summed E-state index contributed by atoms with van der Waals surface area (Å²) in [5, 5.41) is 2.94. The van der Waals surface area contributed by atoms with E-state index in [4.69, 9.17) is 0 Å². The molecule has 31 heavy (non-hydrogen) atoms. The zero-order chi connectivity index (χ0) is 22.4. The lowest BCUT2D eigenvalue weighted by Gasteiger charge is -2.25. The van der Waals surface area contributed by atoms with Crippen LogP contribution in [0.2, 0.25) is 0 Å². The van der Waals surface area contributed by atoms with E-state index < -0.39 is 10.0 Å². The van der Waals surface area contributed by atoms with E-state index in [1.54, 1.807) is 30.3 Å². The highest BCUT2D eigenvalue weighted by molar-refractivity contribution is 9.10. The highest BCUT2D eigenvalue weighted by atomic mass is 79.9. The van der Waals surface area contributed by atoms with Gasteiger partial charge >= 0.3 is 0 Å². The van der Waals surface area contributed by atoms with Crippen LogP contribution < -0.4 is 10.0 Å². The molecule has 0 spiro atoms. The topological polar surface area (TPSA) is 78.5 Å². The maximum atomic E-state index is 12.7. The first kappa shape index (κ1) is 23.0. The lowest BCUT2D eigenvalue weighted by atomic mass is 10.1. The van der Waals surface area contributed by atoms with Crippen molar-refractivity contribution in [2.45, 2.75) is 10.9 Å². The number of amides is 1. The average Bonchev–Trinajstić information content (AvgIpc) is 2.74. The third-order valence-corrected chi connectivity index (χ3v) is 6.69. The van der Waals surface area contributed by atoms with Gasteiger partial charge in [-0.25, -0.2) is 8.42 Å². The van der Waals surface area contributed by atoms with Crippen molar-refractivity contribution in [3.8, 4) is 0 Å². The lowest BCUT2D eigenvalue weighted by molar-refractivity contribution is 0.0942. The van der Waals surface area contributed by atoms with Gasteiger partial charge in [-0.05, 0) is 62.1 Å². The number of hydrogen-bond donors (Lipinski definition) is 2. The molecule has 8 heteroatoms. The molecule has 0 aliphatic rings. The number of halogens is 1. The van der Waals surface area contributed by atoms with Crippen LogP contribution in [0.5, 0.6) is 0 Å². The first-order valence-electron chi connectivity index (χ1n) is 9.64. The average molecular weight is 502 g/mol. The van der Waals surface area contributed by atoms with Crippen LogP contribution in [0.1, 0.15) is 22.0 Å². The zero-order valence-corrected chi connectivity index (χ0v) is 19.7. The van der Waals surface area contributed by atoms with Crippen molar-refractivity contribution in [2.24, 2.45) is 0 Å². The number of likely N-dealkylation sites (N-methyl/N-ethyl adjacent to an activating group) is 1. The molecule has 3 rings (SSSR count). The van der Waals surface area contributed by atoms with Gasteiger partial charge in [-0.3, -0.25) is 9.52 Å². The van der Waals surface area contributed by atoms with E-state index in [-0.39, 0.29) is 16.8 Å². The van der Waals surface area contributed by atoms with Crippen molar-refractivity contribution < 1.29 is 13.2 Å². The Morgan fingerprint density at radius 3 is 2.29 bits per heavy atom. The van der Waals surface area contributed by atoms with E-state index in [0.29, 0.717) is 17.8 Å². The molecule has 0 unspecified atom stereocenters. The summed E-state index contributed by atoms with van der Waals surface area (Å²) in [4.78, 5) is 14.9. The van der Waals surface area contributed by atoms with E-state index in [2.05, 4.69) is 26.0 Å². The highest BCUT2D eigenvalue weighted by Crippen LogP contribution is 2.20. The van der Waals surface area contributed by atoms with Gasteiger partial charge in [-0.2, -0.15) is 0 Å². The summed E-state index contributed by atoms with van der Waals surface area (Å²) in [7, 11) is 0.165. The lowest BCUT2D eigenvalue weighted by Crippen LogP contribution is -2.34. The van der Waals surface area contributed by atoms with Crippen LogP contribution in [0.15, 0.2) is 88.2 Å². The molecule has 0 saturated carbocycles. The summed E-state index contributed by atoms with van der Waals surface area (Å²) >= 11 is 3.29. The Kier molecular flexibility index (Phi) is 7.48.